The van der Waals surface area contributed by atoms with Crippen LogP contribution in [0.1, 0.15) is 42.1 Å². The molecule has 0 spiro atoms. The smallest absolute Gasteiger partial charge is 0.295 e. The number of ether oxygens (including phenoxy) is 2. The molecule has 7 heteroatoms. The first-order chi connectivity index (χ1) is 18.9. The molecule has 3 aromatic carbocycles. The van der Waals surface area contributed by atoms with Crippen molar-refractivity contribution < 1.29 is 24.2 Å². The molecule has 39 heavy (non-hydrogen) atoms. The lowest BCUT2D eigenvalue weighted by molar-refractivity contribution is -0.140. The number of aliphatic hydroxyl groups is 1. The van der Waals surface area contributed by atoms with Crippen LogP contribution in [-0.2, 0) is 16.2 Å². The molecule has 3 aromatic rings. The van der Waals surface area contributed by atoms with Crippen LogP contribution in [0.2, 0.25) is 0 Å². The third-order valence-corrected chi connectivity index (χ3v) is 7.16. The van der Waals surface area contributed by atoms with E-state index in [0.29, 0.717) is 42.3 Å². The molecule has 0 bridgehead atoms. The van der Waals surface area contributed by atoms with Gasteiger partial charge in [-0.1, -0.05) is 80.1 Å². The van der Waals surface area contributed by atoms with Gasteiger partial charge in [-0.2, -0.15) is 0 Å². The third kappa shape index (κ3) is 6.15. The molecule has 204 valence electrons. The van der Waals surface area contributed by atoms with E-state index in [9.17, 15) is 14.7 Å². The molecule has 1 saturated heterocycles. The molecular weight excluding hydrogens is 492 g/mol. The first kappa shape index (κ1) is 27.9. The highest BCUT2D eigenvalue weighted by Crippen LogP contribution is 2.42. The average molecular weight is 529 g/mol. The van der Waals surface area contributed by atoms with Gasteiger partial charge in [0, 0.05) is 18.7 Å². The van der Waals surface area contributed by atoms with Crippen LogP contribution >= 0.6 is 0 Å². The van der Waals surface area contributed by atoms with E-state index >= 15 is 0 Å². The predicted molar refractivity (Wildman–Crippen MR) is 152 cm³/mol. The maximum atomic E-state index is 13.4. The van der Waals surface area contributed by atoms with E-state index in [2.05, 4.69) is 18.7 Å². The molecule has 1 heterocycles. The van der Waals surface area contributed by atoms with E-state index < -0.39 is 17.7 Å². The summed E-state index contributed by atoms with van der Waals surface area (Å²) in [5, 5.41) is 11.3. The molecule has 1 atom stereocenters. The van der Waals surface area contributed by atoms with Crippen molar-refractivity contribution in [1.82, 2.24) is 9.80 Å². The molecule has 1 amide bonds. The van der Waals surface area contributed by atoms with Crippen molar-refractivity contribution in [3.05, 3.63) is 101 Å². The van der Waals surface area contributed by atoms with Crippen molar-refractivity contribution in [2.24, 2.45) is 0 Å². The minimum atomic E-state index is -0.765. The number of hydrogen-bond acceptors (Lipinski definition) is 6. The summed E-state index contributed by atoms with van der Waals surface area (Å²) < 4.78 is 11.7. The number of Topliss-reactive ketones (excluding diaryl/α,β-unsaturated/α-hetero) is 1. The average Bonchev–Trinajstić information content (AvgIpc) is 3.22. The third-order valence-electron chi connectivity index (χ3n) is 7.16. The summed E-state index contributed by atoms with van der Waals surface area (Å²) in [6.07, 6.45) is 0. The zero-order valence-electron chi connectivity index (χ0n) is 23.0. The Labute approximate surface area is 230 Å². The van der Waals surface area contributed by atoms with E-state index in [1.807, 2.05) is 55.5 Å². The number of hydrogen-bond donors (Lipinski definition) is 1. The fourth-order valence-corrected chi connectivity index (χ4v) is 4.82. The second kappa shape index (κ2) is 12.6. The van der Waals surface area contributed by atoms with E-state index in [0.717, 1.165) is 24.2 Å². The molecule has 1 N–H and O–H groups in total. The zero-order valence-corrected chi connectivity index (χ0v) is 23.0. The topological polar surface area (TPSA) is 79.3 Å². The van der Waals surface area contributed by atoms with Gasteiger partial charge in [0.15, 0.2) is 11.5 Å². The number of likely N-dealkylation sites (tertiary alicyclic amines) is 1. The van der Waals surface area contributed by atoms with Crippen LogP contribution in [-0.4, -0.2) is 59.9 Å². The van der Waals surface area contributed by atoms with Gasteiger partial charge in [0.1, 0.15) is 12.4 Å². The molecule has 0 aromatic heterocycles. The highest BCUT2D eigenvalue weighted by atomic mass is 16.5. The molecule has 4 rings (SSSR count). The summed E-state index contributed by atoms with van der Waals surface area (Å²) in [5.41, 5.74) is 3.27. The Morgan fingerprint density at radius 3 is 2.28 bits per heavy atom. The van der Waals surface area contributed by atoms with Gasteiger partial charge in [-0.25, -0.2) is 0 Å². The van der Waals surface area contributed by atoms with Crippen molar-refractivity contribution in [3.8, 4) is 11.5 Å². The Hall–Kier alpha value is -4.10. The first-order valence-corrected chi connectivity index (χ1v) is 13.3. The van der Waals surface area contributed by atoms with E-state index in [1.165, 1.54) is 0 Å². The SMILES string of the molecule is CCN(CC)CCN1C(=O)C(=O)/C(=C(/O)c2ccc(C)cc2)C1c1ccc(OCc2ccccc2)c(OC)c1. The molecule has 7 nitrogen and oxygen atoms in total. The largest absolute Gasteiger partial charge is 0.507 e. The fourth-order valence-electron chi connectivity index (χ4n) is 4.82. The summed E-state index contributed by atoms with van der Waals surface area (Å²) in [7, 11) is 1.55. The highest BCUT2D eigenvalue weighted by Gasteiger charge is 2.46. The minimum absolute atomic E-state index is 0.0726. The lowest BCUT2D eigenvalue weighted by Crippen LogP contribution is -2.38. The summed E-state index contributed by atoms with van der Waals surface area (Å²) in [5.74, 6) is -0.478. The molecule has 0 aliphatic carbocycles. The quantitative estimate of drug-likeness (QED) is 0.205. The number of aryl methyl sites for hydroxylation is 1. The van der Waals surface area contributed by atoms with Crippen LogP contribution in [0.3, 0.4) is 0 Å². The Morgan fingerprint density at radius 1 is 0.949 bits per heavy atom. The minimum Gasteiger partial charge on any atom is -0.507 e. The van der Waals surface area contributed by atoms with Crippen LogP contribution in [0.25, 0.3) is 5.76 Å². The lowest BCUT2D eigenvalue weighted by atomic mass is 9.94. The zero-order chi connectivity index (χ0) is 27.9. The van der Waals surface area contributed by atoms with Crippen molar-refractivity contribution in [2.75, 3.05) is 33.3 Å². The van der Waals surface area contributed by atoms with E-state index in [1.54, 1.807) is 36.3 Å². The van der Waals surface area contributed by atoms with Gasteiger partial charge in [-0.3, -0.25) is 9.59 Å². The number of carbonyl (C=O) groups excluding carboxylic acids is 2. The Morgan fingerprint density at radius 2 is 1.64 bits per heavy atom. The number of likely N-dealkylation sites (N-methyl/N-ethyl adjacent to an activating group) is 1. The number of benzene rings is 3. The maximum Gasteiger partial charge on any atom is 0.295 e. The van der Waals surface area contributed by atoms with Crippen LogP contribution < -0.4 is 9.47 Å². The van der Waals surface area contributed by atoms with Crippen LogP contribution in [0.4, 0.5) is 0 Å². The van der Waals surface area contributed by atoms with Gasteiger partial charge in [-0.05, 0) is 43.3 Å². The van der Waals surface area contributed by atoms with Crippen LogP contribution in [0, 0.1) is 6.92 Å². The summed E-state index contributed by atoms with van der Waals surface area (Å²) in [6.45, 7) is 9.05. The number of rotatable bonds is 11. The van der Waals surface area contributed by atoms with Gasteiger partial charge in [0.25, 0.3) is 11.7 Å². The number of methoxy groups -OCH3 is 1. The van der Waals surface area contributed by atoms with E-state index in [4.69, 9.17) is 9.47 Å². The molecule has 1 unspecified atom stereocenters. The Bertz CT molecular complexity index is 1330. The van der Waals surface area contributed by atoms with E-state index in [-0.39, 0.29) is 11.3 Å². The van der Waals surface area contributed by atoms with Crippen molar-refractivity contribution in [2.45, 2.75) is 33.4 Å². The molecular formula is C32H36N2O5. The Balaban J connectivity index is 1.74. The number of nitrogens with zero attached hydrogens (tertiary/aromatic N) is 2. The number of amides is 1. The first-order valence-electron chi connectivity index (χ1n) is 13.3. The lowest BCUT2D eigenvalue weighted by Gasteiger charge is -2.28. The van der Waals surface area contributed by atoms with Gasteiger partial charge < -0.3 is 24.4 Å². The highest BCUT2D eigenvalue weighted by molar-refractivity contribution is 6.46. The van der Waals surface area contributed by atoms with Gasteiger partial charge in [0.05, 0.1) is 18.7 Å². The summed E-state index contributed by atoms with van der Waals surface area (Å²) in [6, 6.07) is 21.7. The molecule has 0 radical (unpaired) electrons. The second-order valence-corrected chi connectivity index (χ2v) is 9.57. The molecule has 1 aliphatic rings. The summed E-state index contributed by atoms with van der Waals surface area (Å²) in [4.78, 5) is 30.4. The normalized spacial score (nSPS) is 16.6. The second-order valence-electron chi connectivity index (χ2n) is 9.57. The van der Waals surface area contributed by atoms with Crippen molar-refractivity contribution in [3.63, 3.8) is 0 Å². The van der Waals surface area contributed by atoms with Crippen molar-refractivity contribution >= 4 is 17.4 Å². The monoisotopic (exact) mass is 528 g/mol. The Kier molecular flexibility index (Phi) is 9.04. The standard InChI is InChI=1S/C32H36N2O5/c1-5-33(6-2)18-19-34-29(28(31(36)32(34)37)30(35)24-14-12-22(3)13-15-24)25-16-17-26(27(20-25)38-4)39-21-23-10-8-7-9-11-23/h7-17,20,29,35H,5-6,18-19,21H2,1-4H3/b30-28+. The molecule has 1 fully saturated rings. The number of ketones is 1. The van der Waals surface area contributed by atoms with Gasteiger partial charge in [-0.15, -0.1) is 0 Å². The maximum absolute atomic E-state index is 13.4. The number of aliphatic hydroxyl groups excluding tert-OH is 1. The predicted octanol–water partition coefficient (Wildman–Crippen LogP) is 5.35. The van der Waals surface area contributed by atoms with Gasteiger partial charge in [0.2, 0.25) is 0 Å². The summed E-state index contributed by atoms with van der Waals surface area (Å²) >= 11 is 0. The molecule has 1 aliphatic heterocycles. The van der Waals surface area contributed by atoms with Crippen molar-refractivity contribution in [1.29, 1.82) is 0 Å². The fraction of sp³-hybridized carbons (Fsp3) is 0.312. The molecule has 0 saturated carbocycles. The van der Waals surface area contributed by atoms with Gasteiger partial charge >= 0.3 is 0 Å². The van der Waals surface area contributed by atoms with Crippen LogP contribution in [0.5, 0.6) is 11.5 Å². The van der Waals surface area contributed by atoms with Crippen LogP contribution in [0.15, 0.2) is 78.4 Å². The number of carbonyl (C=O) groups is 2.